The highest BCUT2D eigenvalue weighted by atomic mass is 32.1. The summed E-state index contributed by atoms with van der Waals surface area (Å²) in [4.78, 5) is 24.8. The van der Waals surface area contributed by atoms with Crippen LogP contribution in [-0.2, 0) is 22.4 Å². The molecule has 0 spiro atoms. The molecule has 212 valence electrons. The molecule has 0 atom stereocenters. The third kappa shape index (κ3) is 5.11. The van der Waals surface area contributed by atoms with Crippen LogP contribution in [0.1, 0.15) is 53.4 Å². The van der Waals surface area contributed by atoms with E-state index < -0.39 is 58.5 Å². The van der Waals surface area contributed by atoms with Gasteiger partial charge in [-0.3, -0.25) is 4.79 Å². The molecule has 0 saturated heterocycles. The van der Waals surface area contributed by atoms with Crippen molar-refractivity contribution in [3.05, 3.63) is 16.0 Å². The lowest BCUT2D eigenvalue weighted by Gasteiger charge is -2.38. The lowest BCUT2D eigenvalue weighted by atomic mass is 9.94. The van der Waals surface area contributed by atoms with Crippen molar-refractivity contribution in [3.8, 4) is 0 Å². The largest absolute Gasteiger partial charge is 0.462 e. The van der Waals surface area contributed by atoms with E-state index in [9.17, 15) is 62.3 Å². The second kappa shape index (κ2) is 10.5. The molecule has 0 fully saturated rings. The van der Waals surface area contributed by atoms with Crippen LogP contribution in [0.3, 0.4) is 0 Å². The molecule has 1 aliphatic rings. The second-order valence-corrected chi connectivity index (χ2v) is 9.19. The fourth-order valence-electron chi connectivity index (χ4n) is 3.38. The van der Waals surface area contributed by atoms with E-state index in [-0.39, 0.29) is 31.4 Å². The predicted octanol–water partition coefficient (Wildman–Crippen LogP) is 6.96. The Balaban J connectivity index is 2.50. The minimum absolute atomic E-state index is 0.165. The molecule has 0 bridgehead atoms. The number of rotatable bonds is 10. The fourth-order valence-corrected chi connectivity index (χ4v) is 4.65. The number of ether oxygens (including phenoxy) is 1. The molecule has 1 heterocycles. The van der Waals surface area contributed by atoms with Crippen LogP contribution >= 0.6 is 11.3 Å². The third-order valence-corrected chi connectivity index (χ3v) is 6.66. The minimum atomic E-state index is -7.84. The molecule has 1 aromatic heterocycles. The molecule has 1 aromatic rings. The van der Waals surface area contributed by atoms with Gasteiger partial charge >= 0.3 is 47.9 Å². The normalized spacial score (nSPS) is 15.8. The SMILES string of the molecule is CCCOC(=O)c1c(NC(=O)C(F)(F)C(F)(F)C(F)(F)C(F)(F)C(F)(F)C(F)F)sc2c1CCCCC2. The molecule has 0 aromatic carbocycles. The van der Waals surface area contributed by atoms with Crippen LogP contribution in [0.5, 0.6) is 0 Å². The summed E-state index contributed by atoms with van der Waals surface area (Å²) in [6.07, 6.45) is -3.23. The van der Waals surface area contributed by atoms with Crippen molar-refractivity contribution < 1.29 is 67.0 Å². The molecule has 37 heavy (non-hydrogen) atoms. The van der Waals surface area contributed by atoms with Gasteiger partial charge in [-0.1, -0.05) is 13.3 Å². The number of thiophene rings is 1. The molecule has 0 aliphatic heterocycles. The zero-order valence-electron chi connectivity index (χ0n) is 18.7. The lowest BCUT2D eigenvalue weighted by molar-refractivity contribution is -0.406. The maximum atomic E-state index is 14.3. The molecule has 1 N–H and O–H groups in total. The van der Waals surface area contributed by atoms with Crippen LogP contribution < -0.4 is 5.32 Å². The quantitative estimate of drug-likeness (QED) is 0.185. The van der Waals surface area contributed by atoms with Gasteiger partial charge in [-0.05, 0) is 37.7 Å². The van der Waals surface area contributed by atoms with E-state index in [0.717, 1.165) is 5.32 Å². The molecule has 4 nitrogen and oxygen atoms in total. The number of nitrogens with one attached hydrogen (secondary N) is 1. The Labute approximate surface area is 205 Å². The molecule has 1 aliphatic carbocycles. The number of halogens is 12. The zero-order chi connectivity index (χ0) is 28.6. The van der Waals surface area contributed by atoms with Gasteiger partial charge in [0.2, 0.25) is 0 Å². The Kier molecular flexibility index (Phi) is 8.82. The summed E-state index contributed by atoms with van der Waals surface area (Å²) in [6.45, 7) is 1.39. The first-order valence-corrected chi connectivity index (χ1v) is 11.4. The first kappa shape index (κ1) is 31.0. The van der Waals surface area contributed by atoms with Crippen LogP contribution in [-0.4, -0.2) is 54.5 Å². The van der Waals surface area contributed by atoms with Crippen molar-refractivity contribution >= 4 is 28.2 Å². The first-order valence-electron chi connectivity index (χ1n) is 10.6. The lowest BCUT2D eigenvalue weighted by Crippen LogP contribution is -2.70. The van der Waals surface area contributed by atoms with Gasteiger partial charge in [-0.25, -0.2) is 13.6 Å². The molecule has 2 rings (SSSR count). The summed E-state index contributed by atoms with van der Waals surface area (Å²) in [5.41, 5.74) is -0.327. The summed E-state index contributed by atoms with van der Waals surface area (Å²) < 4.78 is 166. The minimum Gasteiger partial charge on any atom is -0.462 e. The van der Waals surface area contributed by atoms with Gasteiger partial charge in [-0.2, -0.15) is 43.9 Å². The summed E-state index contributed by atoms with van der Waals surface area (Å²) in [7, 11) is 0. The number of hydrogen-bond acceptors (Lipinski definition) is 4. The van der Waals surface area contributed by atoms with E-state index in [2.05, 4.69) is 0 Å². The Morgan fingerprint density at radius 2 is 1.46 bits per heavy atom. The average Bonchev–Trinajstić information content (AvgIpc) is 2.96. The fraction of sp³-hybridized carbons (Fsp3) is 0.700. The maximum Gasteiger partial charge on any atom is 0.393 e. The second-order valence-electron chi connectivity index (χ2n) is 8.08. The van der Waals surface area contributed by atoms with E-state index in [1.54, 1.807) is 6.92 Å². The van der Waals surface area contributed by atoms with Crippen molar-refractivity contribution in [2.75, 3.05) is 11.9 Å². The summed E-state index contributed by atoms with van der Waals surface area (Å²) >= 11 is 0.448. The highest BCUT2D eigenvalue weighted by Gasteiger charge is 2.89. The maximum absolute atomic E-state index is 14.3. The zero-order valence-corrected chi connectivity index (χ0v) is 19.5. The number of carbonyl (C=O) groups is 2. The average molecular weight is 581 g/mol. The Morgan fingerprint density at radius 1 is 0.892 bits per heavy atom. The van der Waals surface area contributed by atoms with Crippen LogP contribution in [0.4, 0.5) is 57.7 Å². The topological polar surface area (TPSA) is 55.4 Å². The van der Waals surface area contributed by atoms with Crippen molar-refractivity contribution in [1.82, 2.24) is 0 Å². The van der Waals surface area contributed by atoms with Gasteiger partial charge in [0.05, 0.1) is 12.2 Å². The van der Waals surface area contributed by atoms with E-state index in [4.69, 9.17) is 4.74 Å². The Morgan fingerprint density at radius 3 is 2.00 bits per heavy atom. The third-order valence-electron chi connectivity index (χ3n) is 5.45. The number of carbonyl (C=O) groups excluding carboxylic acids is 2. The van der Waals surface area contributed by atoms with Crippen molar-refractivity contribution in [3.63, 3.8) is 0 Å². The number of aryl methyl sites for hydroxylation is 1. The summed E-state index contributed by atoms with van der Waals surface area (Å²) in [5, 5.41) is 0.266. The van der Waals surface area contributed by atoms with Crippen LogP contribution in [0.2, 0.25) is 0 Å². The number of alkyl halides is 12. The number of amides is 1. The van der Waals surface area contributed by atoms with E-state index >= 15 is 0 Å². The van der Waals surface area contributed by atoms with Crippen LogP contribution in [0.15, 0.2) is 0 Å². The van der Waals surface area contributed by atoms with Crippen molar-refractivity contribution in [2.45, 2.75) is 81.5 Å². The highest BCUT2D eigenvalue weighted by molar-refractivity contribution is 7.17. The number of fused-ring (bicyclic) bond motifs is 1. The van der Waals surface area contributed by atoms with Gasteiger partial charge in [0.25, 0.3) is 0 Å². The van der Waals surface area contributed by atoms with Gasteiger partial charge in [-0.15, -0.1) is 11.3 Å². The smallest absolute Gasteiger partial charge is 0.393 e. The van der Waals surface area contributed by atoms with E-state index in [1.807, 2.05) is 0 Å². The molecular weight excluding hydrogens is 562 g/mol. The predicted molar refractivity (Wildman–Crippen MR) is 106 cm³/mol. The molecule has 17 heteroatoms. The van der Waals surface area contributed by atoms with Crippen molar-refractivity contribution in [1.29, 1.82) is 0 Å². The standard InChI is InChI=1S/C20H19F12NO3S/c1-2-8-36-13(34)11-9-6-4-3-5-7-10(9)37-12(11)33-15(35)17(25,26)19(29,30)20(31,32)18(27,28)16(23,24)14(21)22/h14H,2-8H2,1H3,(H,33,35). The van der Waals surface area contributed by atoms with Gasteiger partial charge < -0.3 is 10.1 Å². The van der Waals surface area contributed by atoms with Gasteiger partial charge in [0, 0.05) is 4.88 Å². The van der Waals surface area contributed by atoms with Crippen LogP contribution in [0, 0.1) is 0 Å². The molecule has 0 radical (unpaired) electrons. The highest BCUT2D eigenvalue weighted by Crippen LogP contribution is 2.58. The van der Waals surface area contributed by atoms with Gasteiger partial charge in [0.15, 0.2) is 0 Å². The molecule has 0 saturated carbocycles. The first-order chi connectivity index (χ1) is 16.8. The summed E-state index contributed by atoms with van der Waals surface area (Å²) in [5.74, 6) is -41.7. The Hall–Kier alpha value is -2.20. The number of anilines is 1. The van der Waals surface area contributed by atoms with Crippen molar-refractivity contribution in [2.24, 2.45) is 0 Å². The Bertz CT molecular complexity index is 1010. The molecule has 0 unspecified atom stereocenters. The van der Waals surface area contributed by atoms with E-state index in [1.165, 1.54) is 0 Å². The number of hydrogen-bond donors (Lipinski definition) is 1. The van der Waals surface area contributed by atoms with E-state index in [0.29, 0.717) is 35.5 Å². The number of esters is 1. The molecular formula is C20H19F12NO3S. The van der Waals surface area contributed by atoms with Crippen LogP contribution in [0.25, 0.3) is 0 Å². The monoisotopic (exact) mass is 581 g/mol. The summed E-state index contributed by atoms with van der Waals surface area (Å²) in [6, 6.07) is 0. The molecule has 1 amide bonds. The van der Waals surface area contributed by atoms with Gasteiger partial charge in [0.1, 0.15) is 5.00 Å².